The van der Waals surface area contributed by atoms with Crippen molar-refractivity contribution in [2.75, 3.05) is 5.43 Å². The molecule has 0 saturated carbocycles. The molecular formula is C15H12N4O. The predicted molar refractivity (Wildman–Crippen MR) is 77.1 cm³/mol. The Balaban J connectivity index is 1.72. The lowest BCUT2D eigenvalue weighted by atomic mass is 10.1. The first-order valence-corrected chi connectivity index (χ1v) is 6.13. The zero-order valence-corrected chi connectivity index (χ0v) is 10.6. The van der Waals surface area contributed by atoms with Crippen LogP contribution in [-0.2, 0) is 0 Å². The van der Waals surface area contributed by atoms with Crippen molar-refractivity contribution in [3.8, 4) is 0 Å². The van der Waals surface area contributed by atoms with Crippen LogP contribution in [0.1, 0.15) is 10.4 Å². The van der Waals surface area contributed by atoms with Crippen molar-refractivity contribution in [1.29, 1.82) is 0 Å². The van der Waals surface area contributed by atoms with Crippen LogP contribution in [0, 0.1) is 0 Å². The van der Waals surface area contributed by atoms with Gasteiger partial charge in [-0.3, -0.25) is 25.6 Å². The Bertz CT molecular complexity index is 743. The first kappa shape index (κ1) is 12.1. The summed E-state index contributed by atoms with van der Waals surface area (Å²) in [7, 11) is 0. The lowest BCUT2D eigenvalue weighted by Gasteiger charge is -2.09. The average Bonchev–Trinajstić information content (AvgIpc) is 2.53. The zero-order valence-electron chi connectivity index (χ0n) is 10.6. The van der Waals surface area contributed by atoms with Crippen molar-refractivity contribution < 1.29 is 4.79 Å². The number of benzene rings is 1. The Morgan fingerprint density at radius 1 is 0.950 bits per heavy atom. The van der Waals surface area contributed by atoms with Crippen LogP contribution in [0.5, 0.6) is 0 Å². The summed E-state index contributed by atoms with van der Waals surface area (Å²) in [5.41, 5.74) is 6.81. The van der Waals surface area contributed by atoms with E-state index in [1.165, 1.54) is 6.20 Å². The molecule has 3 rings (SSSR count). The summed E-state index contributed by atoms with van der Waals surface area (Å²) in [5, 5.41) is 2.11. The molecule has 0 unspecified atom stereocenters. The molecule has 0 bridgehead atoms. The van der Waals surface area contributed by atoms with Crippen molar-refractivity contribution in [1.82, 2.24) is 15.4 Å². The van der Waals surface area contributed by atoms with Gasteiger partial charge in [0.15, 0.2) is 0 Å². The van der Waals surface area contributed by atoms with Gasteiger partial charge in [0.05, 0.1) is 11.3 Å². The third-order valence-corrected chi connectivity index (χ3v) is 2.88. The molecule has 1 amide bonds. The van der Waals surface area contributed by atoms with Gasteiger partial charge in [-0.1, -0.05) is 6.07 Å². The summed E-state index contributed by atoms with van der Waals surface area (Å²) >= 11 is 0. The van der Waals surface area contributed by atoms with Crippen molar-refractivity contribution >= 4 is 22.4 Å². The maximum Gasteiger partial charge on any atom is 0.271 e. The monoisotopic (exact) mass is 264 g/mol. The summed E-state index contributed by atoms with van der Waals surface area (Å²) in [6.07, 6.45) is 6.67. The molecule has 2 aromatic heterocycles. The first-order valence-electron chi connectivity index (χ1n) is 6.13. The van der Waals surface area contributed by atoms with E-state index in [0.29, 0.717) is 5.56 Å². The fraction of sp³-hybridized carbons (Fsp3) is 0. The normalized spacial score (nSPS) is 10.2. The molecule has 2 N–H and O–H groups in total. The maximum absolute atomic E-state index is 11.9. The number of hydrogen-bond donors (Lipinski definition) is 2. The highest BCUT2D eigenvalue weighted by Crippen LogP contribution is 2.17. The van der Waals surface area contributed by atoms with Crippen LogP contribution in [0.25, 0.3) is 10.8 Å². The molecule has 5 heteroatoms. The van der Waals surface area contributed by atoms with Crippen LogP contribution in [-0.4, -0.2) is 15.9 Å². The van der Waals surface area contributed by atoms with Crippen molar-refractivity contribution in [3.63, 3.8) is 0 Å². The smallest absolute Gasteiger partial charge is 0.271 e. The summed E-state index contributed by atoms with van der Waals surface area (Å²) in [6, 6.07) is 11.1. The first-order chi connectivity index (χ1) is 9.83. The Morgan fingerprint density at radius 3 is 2.70 bits per heavy atom. The highest BCUT2D eigenvalue weighted by Gasteiger charge is 2.04. The van der Waals surface area contributed by atoms with Gasteiger partial charge in [-0.05, 0) is 35.7 Å². The molecule has 1 aromatic carbocycles. The number of nitrogens with one attached hydrogen (secondary N) is 2. The molecule has 0 radical (unpaired) electrons. The second-order valence-electron chi connectivity index (χ2n) is 4.26. The number of pyridine rings is 2. The Morgan fingerprint density at radius 2 is 1.85 bits per heavy atom. The minimum absolute atomic E-state index is 0.232. The molecule has 3 aromatic rings. The highest BCUT2D eigenvalue weighted by atomic mass is 16.2. The van der Waals surface area contributed by atoms with Gasteiger partial charge in [0.25, 0.3) is 5.91 Å². The molecule has 0 atom stereocenters. The minimum Gasteiger partial charge on any atom is -0.298 e. The minimum atomic E-state index is -0.232. The Hall–Kier alpha value is -2.95. The average molecular weight is 264 g/mol. The van der Waals surface area contributed by atoms with Crippen LogP contribution in [0.4, 0.5) is 5.69 Å². The van der Waals surface area contributed by atoms with Gasteiger partial charge in [-0.25, -0.2) is 0 Å². The molecule has 98 valence electrons. The van der Waals surface area contributed by atoms with Crippen molar-refractivity contribution in [2.45, 2.75) is 0 Å². The van der Waals surface area contributed by atoms with Gasteiger partial charge in [0.1, 0.15) is 0 Å². The van der Waals surface area contributed by atoms with E-state index in [9.17, 15) is 4.79 Å². The van der Waals surface area contributed by atoms with Gasteiger partial charge in [-0.2, -0.15) is 0 Å². The lowest BCUT2D eigenvalue weighted by Crippen LogP contribution is -2.29. The molecule has 0 spiro atoms. The van der Waals surface area contributed by atoms with E-state index >= 15 is 0 Å². The number of hydrazine groups is 1. The maximum atomic E-state index is 11.9. The second-order valence-corrected chi connectivity index (χ2v) is 4.26. The summed E-state index contributed by atoms with van der Waals surface area (Å²) in [6.45, 7) is 0. The molecule has 0 aliphatic carbocycles. The van der Waals surface area contributed by atoms with Gasteiger partial charge in [0.2, 0.25) is 0 Å². The number of fused-ring (bicyclic) bond motifs is 1. The number of amides is 1. The van der Waals surface area contributed by atoms with Crippen LogP contribution in [0.2, 0.25) is 0 Å². The van der Waals surface area contributed by atoms with Gasteiger partial charge in [0, 0.05) is 30.2 Å². The fourth-order valence-electron chi connectivity index (χ4n) is 1.86. The number of hydrogen-bond acceptors (Lipinski definition) is 4. The van der Waals surface area contributed by atoms with E-state index in [-0.39, 0.29) is 5.91 Å². The summed E-state index contributed by atoms with van der Waals surface area (Å²) in [5.74, 6) is -0.232. The van der Waals surface area contributed by atoms with Crippen LogP contribution in [0.3, 0.4) is 0 Å². The van der Waals surface area contributed by atoms with Crippen molar-refractivity contribution in [3.05, 3.63) is 66.7 Å². The van der Waals surface area contributed by atoms with Crippen LogP contribution in [0.15, 0.2) is 61.2 Å². The largest absolute Gasteiger partial charge is 0.298 e. The standard InChI is InChI=1S/C15H12N4O/c20-15(12-2-1-6-16-9-12)19-18-14-4-3-11-5-7-17-10-13(11)8-14/h1-10,18H,(H,19,20). The number of rotatable bonds is 3. The zero-order chi connectivity index (χ0) is 13.8. The van der Waals surface area contributed by atoms with Gasteiger partial charge >= 0.3 is 0 Å². The third kappa shape index (κ3) is 2.56. The van der Waals surface area contributed by atoms with Gasteiger partial charge in [-0.15, -0.1) is 0 Å². The molecule has 20 heavy (non-hydrogen) atoms. The lowest BCUT2D eigenvalue weighted by molar-refractivity contribution is 0.0962. The van der Waals surface area contributed by atoms with Crippen molar-refractivity contribution in [2.24, 2.45) is 0 Å². The quantitative estimate of drug-likeness (QED) is 0.713. The molecule has 2 heterocycles. The Kier molecular flexibility index (Phi) is 3.24. The second kappa shape index (κ2) is 5.36. The van der Waals surface area contributed by atoms with Crippen LogP contribution < -0.4 is 10.9 Å². The van der Waals surface area contributed by atoms with Gasteiger partial charge < -0.3 is 0 Å². The fourth-order valence-corrected chi connectivity index (χ4v) is 1.86. The van der Waals surface area contributed by atoms with E-state index in [2.05, 4.69) is 20.8 Å². The molecule has 0 aliphatic rings. The van der Waals surface area contributed by atoms with Crippen LogP contribution >= 0.6 is 0 Å². The number of anilines is 1. The molecule has 5 nitrogen and oxygen atoms in total. The van der Waals surface area contributed by atoms with E-state index in [4.69, 9.17) is 0 Å². The predicted octanol–water partition coefficient (Wildman–Crippen LogP) is 2.39. The SMILES string of the molecule is O=C(NNc1ccc2ccncc2c1)c1cccnc1. The summed E-state index contributed by atoms with van der Waals surface area (Å²) < 4.78 is 0. The Labute approximate surface area is 115 Å². The number of nitrogens with zero attached hydrogens (tertiary/aromatic N) is 2. The van der Waals surface area contributed by atoms with E-state index < -0.39 is 0 Å². The number of aromatic nitrogens is 2. The van der Waals surface area contributed by atoms with E-state index in [0.717, 1.165) is 16.5 Å². The molecule has 0 fully saturated rings. The number of carbonyl (C=O) groups excluding carboxylic acids is 1. The third-order valence-electron chi connectivity index (χ3n) is 2.88. The molecule has 0 aliphatic heterocycles. The van der Waals surface area contributed by atoms with E-state index in [1.807, 2.05) is 24.3 Å². The van der Waals surface area contributed by atoms with E-state index in [1.54, 1.807) is 30.7 Å². The topological polar surface area (TPSA) is 66.9 Å². The number of carbonyl (C=O) groups is 1. The molecule has 0 saturated heterocycles. The molecular weight excluding hydrogens is 252 g/mol. The highest BCUT2D eigenvalue weighted by molar-refractivity contribution is 5.94. The summed E-state index contributed by atoms with van der Waals surface area (Å²) in [4.78, 5) is 19.8.